The van der Waals surface area contributed by atoms with Crippen molar-refractivity contribution in [3.8, 4) is 0 Å². The van der Waals surface area contributed by atoms with E-state index in [2.05, 4.69) is 0 Å². The van der Waals surface area contributed by atoms with Gasteiger partial charge in [-0.1, -0.05) is 18.2 Å². The lowest BCUT2D eigenvalue weighted by Crippen LogP contribution is -2.41. The number of rotatable bonds is 4. The zero-order chi connectivity index (χ0) is 19.0. The van der Waals surface area contributed by atoms with Crippen LogP contribution in [0.3, 0.4) is 0 Å². The first-order chi connectivity index (χ1) is 11.4. The second-order valence-corrected chi connectivity index (χ2v) is 6.97. The zero-order valence-electron chi connectivity index (χ0n) is 14.6. The molecule has 0 radical (unpaired) electrons. The Hall–Kier alpha value is -1.64. The van der Waals surface area contributed by atoms with Crippen molar-refractivity contribution in [1.29, 1.82) is 0 Å². The van der Waals surface area contributed by atoms with Gasteiger partial charge in [-0.05, 0) is 44.8 Å². The smallest absolute Gasteiger partial charge is 0.400 e. The molecule has 0 aliphatic carbocycles. The fourth-order valence-electron chi connectivity index (χ4n) is 2.44. The van der Waals surface area contributed by atoms with Gasteiger partial charge in [-0.3, -0.25) is 4.79 Å². The maximum atomic E-state index is 13.3. The molecule has 4 nitrogen and oxygen atoms in total. The van der Waals surface area contributed by atoms with E-state index in [4.69, 9.17) is 15.0 Å². The first-order valence-corrected chi connectivity index (χ1v) is 7.84. The van der Waals surface area contributed by atoms with Crippen LogP contribution < -0.4 is 5.73 Å². The third-order valence-corrected chi connectivity index (χ3v) is 4.65. The zero-order valence-corrected chi connectivity index (χ0v) is 14.6. The van der Waals surface area contributed by atoms with E-state index >= 15 is 0 Å². The number of benzene rings is 1. The summed E-state index contributed by atoms with van der Waals surface area (Å²) in [5.41, 5.74) is 3.83. The molecule has 1 heterocycles. The molecule has 0 unspecified atom stereocenters. The average Bonchev–Trinajstić information content (AvgIpc) is 2.71. The lowest BCUT2D eigenvalue weighted by molar-refractivity contribution is -0.137. The van der Waals surface area contributed by atoms with Gasteiger partial charge in [-0.15, -0.1) is 0 Å². The summed E-state index contributed by atoms with van der Waals surface area (Å²) < 4.78 is 51.6. The molecule has 1 aliphatic rings. The standard InChI is InChI=1S/C17H21BF3NO3/c1-15(2)16(3,4)25-18(24-15)13(9-22)8-12-6-5-11(10-23)7-14(12)17(19,20)21/h5-8,10H,9,22H2,1-4H3. The SMILES string of the molecule is CC1(C)OB(C(=Cc2ccc(C=O)cc2C(F)(F)F)CN)OC1(C)C. The van der Waals surface area contributed by atoms with Gasteiger partial charge >= 0.3 is 13.3 Å². The number of hydrogen-bond acceptors (Lipinski definition) is 4. The van der Waals surface area contributed by atoms with E-state index in [-0.39, 0.29) is 17.7 Å². The summed E-state index contributed by atoms with van der Waals surface area (Å²) in [6, 6.07) is 3.39. The van der Waals surface area contributed by atoms with Crippen molar-refractivity contribution in [2.24, 2.45) is 5.73 Å². The van der Waals surface area contributed by atoms with E-state index in [0.717, 1.165) is 6.07 Å². The highest BCUT2D eigenvalue weighted by Gasteiger charge is 2.52. The maximum Gasteiger partial charge on any atom is 0.491 e. The van der Waals surface area contributed by atoms with Crippen LogP contribution in [0.1, 0.15) is 49.2 Å². The Labute approximate surface area is 145 Å². The van der Waals surface area contributed by atoms with E-state index < -0.39 is 30.1 Å². The van der Waals surface area contributed by atoms with Crippen molar-refractivity contribution in [2.75, 3.05) is 6.54 Å². The predicted octanol–water partition coefficient (Wildman–Crippen LogP) is 3.49. The summed E-state index contributed by atoms with van der Waals surface area (Å²) in [6.45, 7) is 7.37. The fourth-order valence-corrected chi connectivity index (χ4v) is 2.44. The van der Waals surface area contributed by atoms with Crippen LogP contribution in [-0.4, -0.2) is 31.2 Å². The van der Waals surface area contributed by atoms with Gasteiger partial charge in [-0.2, -0.15) is 13.2 Å². The highest BCUT2D eigenvalue weighted by Crippen LogP contribution is 2.39. The van der Waals surface area contributed by atoms with E-state index in [9.17, 15) is 18.0 Å². The molecule has 1 saturated heterocycles. The second-order valence-electron chi connectivity index (χ2n) is 6.97. The van der Waals surface area contributed by atoms with Gasteiger partial charge in [-0.25, -0.2) is 0 Å². The molecule has 0 spiro atoms. The van der Waals surface area contributed by atoms with Crippen molar-refractivity contribution >= 4 is 19.5 Å². The van der Waals surface area contributed by atoms with Crippen LogP contribution >= 0.6 is 0 Å². The molecule has 0 saturated carbocycles. The summed E-state index contributed by atoms with van der Waals surface area (Å²) >= 11 is 0. The van der Waals surface area contributed by atoms with Gasteiger partial charge in [0.15, 0.2) is 0 Å². The Balaban J connectivity index is 2.46. The molecule has 0 atom stereocenters. The van der Waals surface area contributed by atoms with Gasteiger partial charge in [0.2, 0.25) is 0 Å². The van der Waals surface area contributed by atoms with Crippen LogP contribution in [0.25, 0.3) is 6.08 Å². The number of alkyl halides is 3. The van der Waals surface area contributed by atoms with Crippen molar-refractivity contribution < 1.29 is 27.3 Å². The molecule has 0 aromatic heterocycles. The fraction of sp³-hybridized carbons (Fsp3) is 0.471. The van der Waals surface area contributed by atoms with Crippen LogP contribution in [0.15, 0.2) is 23.7 Å². The summed E-state index contributed by atoms with van der Waals surface area (Å²) in [5.74, 6) is 0. The van der Waals surface area contributed by atoms with E-state index in [0.29, 0.717) is 11.8 Å². The number of carbonyl (C=O) groups excluding carboxylic acids is 1. The quantitative estimate of drug-likeness (QED) is 0.664. The van der Waals surface area contributed by atoms with Crippen molar-refractivity contribution in [3.63, 3.8) is 0 Å². The van der Waals surface area contributed by atoms with Gasteiger partial charge in [0.25, 0.3) is 0 Å². The normalized spacial score (nSPS) is 20.0. The predicted molar refractivity (Wildman–Crippen MR) is 89.9 cm³/mol. The van der Waals surface area contributed by atoms with Gasteiger partial charge < -0.3 is 15.0 Å². The van der Waals surface area contributed by atoms with E-state index in [1.165, 1.54) is 18.2 Å². The molecule has 2 rings (SSSR count). The molecule has 1 aromatic rings. The molecule has 0 bridgehead atoms. The largest absolute Gasteiger partial charge is 0.491 e. The van der Waals surface area contributed by atoms with Crippen LogP contribution in [0.2, 0.25) is 0 Å². The lowest BCUT2D eigenvalue weighted by Gasteiger charge is -2.32. The summed E-state index contributed by atoms with van der Waals surface area (Å²) in [4.78, 5) is 10.8. The Morgan fingerprint density at radius 2 is 1.76 bits per heavy atom. The van der Waals surface area contributed by atoms with Crippen molar-refractivity contribution in [2.45, 2.75) is 45.1 Å². The minimum atomic E-state index is -4.60. The molecule has 25 heavy (non-hydrogen) atoms. The first kappa shape index (κ1) is 19.7. The molecule has 1 fully saturated rings. The van der Waals surface area contributed by atoms with E-state index in [1.807, 2.05) is 27.7 Å². The number of halogens is 3. The molecule has 1 aromatic carbocycles. The van der Waals surface area contributed by atoms with Gasteiger partial charge in [0.1, 0.15) is 6.29 Å². The van der Waals surface area contributed by atoms with Crippen molar-refractivity contribution in [3.05, 3.63) is 40.4 Å². The first-order valence-electron chi connectivity index (χ1n) is 7.84. The number of nitrogens with two attached hydrogens (primary N) is 1. The Morgan fingerprint density at radius 1 is 1.20 bits per heavy atom. The second kappa shape index (κ2) is 6.59. The molecule has 2 N–H and O–H groups in total. The summed E-state index contributed by atoms with van der Waals surface area (Å²) in [6.07, 6.45) is -2.90. The van der Waals surface area contributed by atoms with Crippen LogP contribution in [0.4, 0.5) is 13.2 Å². The lowest BCUT2D eigenvalue weighted by atomic mass is 9.76. The van der Waals surface area contributed by atoms with Crippen LogP contribution in [-0.2, 0) is 15.5 Å². The molecule has 136 valence electrons. The highest BCUT2D eigenvalue weighted by molar-refractivity contribution is 6.55. The molecular formula is C17H21BF3NO3. The molecule has 0 amide bonds. The van der Waals surface area contributed by atoms with E-state index in [1.54, 1.807) is 0 Å². The summed E-state index contributed by atoms with van der Waals surface area (Å²) in [5, 5.41) is 0. The van der Waals surface area contributed by atoms with Crippen molar-refractivity contribution in [1.82, 2.24) is 0 Å². The van der Waals surface area contributed by atoms with Gasteiger partial charge in [0.05, 0.1) is 16.8 Å². The van der Waals surface area contributed by atoms with Crippen LogP contribution in [0, 0.1) is 0 Å². The average molecular weight is 355 g/mol. The minimum absolute atomic E-state index is 0.0243. The molecule has 8 heteroatoms. The third kappa shape index (κ3) is 3.97. The maximum absolute atomic E-state index is 13.3. The topological polar surface area (TPSA) is 61.5 Å². The Kier molecular flexibility index (Phi) is 5.19. The van der Waals surface area contributed by atoms with Crippen LogP contribution in [0.5, 0.6) is 0 Å². The minimum Gasteiger partial charge on any atom is -0.400 e. The van der Waals surface area contributed by atoms with Gasteiger partial charge in [0, 0.05) is 12.1 Å². The summed E-state index contributed by atoms with van der Waals surface area (Å²) in [7, 11) is -0.832. The number of aldehydes is 1. The molecular weight excluding hydrogens is 334 g/mol. The third-order valence-electron chi connectivity index (χ3n) is 4.65. The monoisotopic (exact) mass is 355 g/mol. The number of hydrogen-bond donors (Lipinski definition) is 1. The number of carbonyl (C=O) groups is 1. The Morgan fingerprint density at radius 3 is 2.20 bits per heavy atom. The highest BCUT2D eigenvalue weighted by atomic mass is 19.4. The molecule has 1 aliphatic heterocycles. The Bertz CT molecular complexity index is 683.